The number of hydrogen-bond donors (Lipinski definition) is 1. The lowest BCUT2D eigenvalue weighted by atomic mass is 9.97. The number of nitrogens with one attached hydrogen (secondary N) is 1. The maximum absolute atomic E-state index is 16.1. The molecule has 1 N–H and O–H groups in total. The van der Waals surface area contributed by atoms with E-state index in [1.165, 1.54) is 12.0 Å². The van der Waals surface area contributed by atoms with Crippen LogP contribution in [-0.4, -0.2) is 140 Å². The third-order valence-electron chi connectivity index (χ3n) is 13.0. The number of fused-ring (bicyclic) bond motifs is 2. The number of piperazine rings is 1. The summed E-state index contributed by atoms with van der Waals surface area (Å²) in [6, 6.07) is 19.8. The van der Waals surface area contributed by atoms with Gasteiger partial charge in [0, 0.05) is 77.0 Å². The first-order valence-electron chi connectivity index (χ1n) is 22.4. The zero-order valence-electron chi connectivity index (χ0n) is 38.1. The molecule has 0 radical (unpaired) electrons. The van der Waals surface area contributed by atoms with Crippen LogP contribution in [0.2, 0.25) is 0 Å². The molecule has 0 aliphatic carbocycles. The summed E-state index contributed by atoms with van der Waals surface area (Å²) in [5, 5.41) is 7.57. The summed E-state index contributed by atoms with van der Waals surface area (Å²) in [4.78, 5) is 60.5. The molecule has 0 unspecified atom stereocenters. The Morgan fingerprint density at radius 1 is 0.882 bits per heavy atom. The average Bonchev–Trinajstić information content (AvgIpc) is 3.76. The van der Waals surface area contributed by atoms with Gasteiger partial charge in [0.25, 0.3) is 17.7 Å². The van der Waals surface area contributed by atoms with Crippen molar-refractivity contribution in [2.75, 3.05) is 81.3 Å². The number of anilines is 2. The van der Waals surface area contributed by atoms with Gasteiger partial charge in [0.1, 0.15) is 21.3 Å². The molecule has 5 heterocycles. The molecule has 17 nitrogen and oxygen atoms in total. The van der Waals surface area contributed by atoms with Gasteiger partial charge < -0.3 is 19.1 Å². The highest BCUT2D eigenvalue weighted by atomic mass is 32.2. The van der Waals surface area contributed by atoms with Gasteiger partial charge in [-0.2, -0.15) is 5.10 Å². The molecule has 3 saturated heterocycles. The van der Waals surface area contributed by atoms with Crippen LogP contribution >= 0.6 is 0 Å². The number of urea groups is 1. The molecule has 4 aromatic carbocycles. The number of benzene rings is 4. The Hall–Kier alpha value is -6.64. The second kappa shape index (κ2) is 18.5. The van der Waals surface area contributed by atoms with Crippen molar-refractivity contribution in [2.24, 2.45) is 7.05 Å². The number of methoxy groups -OCH3 is 1. The van der Waals surface area contributed by atoms with E-state index in [2.05, 4.69) is 10.4 Å². The van der Waals surface area contributed by atoms with Crippen molar-refractivity contribution in [3.05, 3.63) is 101 Å². The van der Waals surface area contributed by atoms with Crippen molar-refractivity contribution in [1.82, 2.24) is 29.8 Å². The lowest BCUT2D eigenvalue weighted by Crippen LogP contribution is -2.61. The largest absolute Gasteiger partial charge is 0.493 e. The molecule has 2 atom stereocenters. The number of likely N-dealkylation sites (tertiary alicyclic amines) is 1. The molecule has 4 aliphatic rings. The molecule has 5 aromatic rings. The quantitative estimate of drug-likeness (QED) is 0.136. The number of carbonyl (C=O) groups is 4. The molecule has 0 spiro atoms. The minimum absolute atomic E-state index is 0.151. The topological polar surface area (TPSA) is 176 Å². The Balaban J connectivity index is 0.815. The molecule has 0 saturated carbocycles. The maximum atomic E-state index is 16.1. The zero-order chi connectivity index (χ0) is 48.1. The number of imide groups is 2. The zero-order valence-corrected chi connectivity index (χ0v) is 38.9. The van der Waals surface area contributed by atoms with Crippen LogP contribution in [0, 0.1) is 0 Å². The molecule has 5 amide bonds. The number of nitrogens with zero attached hydrogens (tertiary/aromatic N) is 7. The predicted octanol–water partition coefficient (Wildman–Crippen LogP) is 5.63. The number of alkyl halides is 2. The standard InChI is InChI=1S/C48H52F2N8O9S/c1-5-66-40-25-31(11-16-39(40)65-3)38(28-68(4,63)64)58-45(60)35-7-6-8-36(43(35)46(58)61)55-21-23-56(24-22-55)41-17-19-54(29-48(41,49)50)27-30-9-12-32(13-10-30)67-33-14-15-34-37(26-33)53(2)52-44(34)57-20-18-42(59)51-47(57)62/h6-16,25-26,38,41H,5,17-24,27-29H2,1-4H3,(H,51,59,62)/t38-,41+/m1/s1. The summed E-state index contributed by atoms with van der Waals surface area (Å²) in [6.45, 7) is 4.00. The molecular weight excluding hydrogens is 903 g/mol. The molecular formula is C48H52F2N8O9S. The number of rotatable bonds is 14. The number of piperidine rings is 1. The molecule has 3 fully saturated rings. The normalized spacial score (nSPS) is 19.6. The summed E-state index contributed by atoms with van der Waals surface area (Å²) in [5.41, 5.74) is 2.78. The van der Waals surface area contributed by atoms with Gasteiger partial charge in [-0.05, 0) is 73.0 Å². The second-order valence-electron chi connectivity index (χ2n) is 17.6. The molecule has 0 bridgehead atoms. The van der Waals surface area contributed by atoms with Crippen molar-refractivity contribution in [3.8, 4) is 23.0 Å². The van der Waals surface area contributed by atoms with E-state index >= 15 is 8.78 Å². The minimum Gasteiger partial charge on any atom is -0.493 e. The summed E-state index contributed by atoms with van der Waals surface area (Å²) in [5.74, 6) is -2.78. The van der Waals surface area contributed by atoms with Gasteiger partial charge in [-0.1, -0.05) is 24.3 Å². The van der Waals surface area contributed by atoms with E-state index in [4.69, 9.17) is 14.2 Å². The number of carbonyl (C=O) groups excluding carboxylic acids is 4. The van der Waals surface area contributed by atoms with Crippen LogP contribution in [0.1, 0.15) is 57.7 Å². The van der Waals surface area contributed by atoms with Crippen molar-refractivity contribution in [3.63, 3.8) is 0 Å². The fraction of sp³-hybridized carbons (Fsp3) is 0.396. The van der Waals surface area contributed by atoms with Crippen molar-refractivity contribution in [2.45, 2.75) is 44.3 Å². The first kappa shape index (κ1) is 46.5. The monoisotopic (exact) mass is 954 g/mol. The van der Waals surface area contributed by atoms with Crippen LogP contribution in [0.25, 0.3) is 10.9 Å². The number of hydrogen-bond acceptors (Lipinski definition) is 13. The van der Waals surface area contributed by atoms with Gasteiger partial charge in [-0.15, -0.1) is 0 Å². The van der Waals surface area contributed by atoms with Gasteiger partial charge >= 0.3 is 6.03 Å². The van der Waals surface area contributed by atoms with E-state index in [9.17, 15) is 27.6 Å². The van der Waals surface area contributed by atoms with Crippen LogP contribution in [0.4, 0.5) is 25.1 Å². The van der Waals surface area contributed by atoms with Crippen LogP contribution < -0.4 is 29.3 Å². The van der Waals surface area contributed by atoms with Crippen LogP contribution in [0.3, 0.4) is 0 Å². The molecule has 4 aliphatic heterocycles. The molecule has 68 heavy (non-hydrogen) atoms. The van der Waals surface area contributed by atoms with Gasteiger partial charge in [0.2, 0.25) is 5.91 Å². The highest BCUT2D eigenvalue weighted by Gasteiger charge is 2.49. The van der Waals surface area contributed by atoms with Crippen molar-refractivity contribution in [1.29, 1.82) is 0 Å². The van der Waals surface area contributed by atoms with Gasteiger partial charge in [-0.3, -0.25) is 44.0 Å². The van der Waals surface area contributed by atoms with Crippen molar-refractivity contribution >= 4 is 56.0 Å². The average molecular weight is 955 g/mol. The maximum Gasteiger partial charge on any atom is 0.329 e. The second-order valence-corrected chi connectivity index (χ2v) is 19.7. The summed E-state index contributed by atoms with van der Waals surface area (Å²) >= 11 is 0. The van der Waals surface area contributed by atoms with Crippen LogP contribution in [-0.2, 0) is 28.2 Å². The van der Waals surface area contributed by atoms with E-state index < -0.39 is 58.0 Å². The number of aryl methyl sites for hydroxylation is 1. The lowest BCUT2D eigenvalue weighted by Gasteiger charge is -2.46. The molecule has 20 heteroatoms. The third kappa shape index (κ3) is 9.19. The minimum atomic E-state index is -3.70. The van der Waals surface area contributed by atoms with Crippen LogP contribution in [0.15, 0.2) is 78.9 Å². The molecule has 358 valence electrons. The fourth-order valence-electron chi connectivity index (χ4n) is 9.77. The number of aromatic nitrogens is 2. The Morgan fingerprint density at radius 3 is 2.32 bits per heavy atom. The smallest absolute Gasteiger partial charge is 0.329 e. The predicted molar refractivity (Wildman–Crippen MR) is 249 cm³/mol. The van der Waals surface area contributed by atoms with Crippen molar-refractivity contribution < 1.29 is 50.6 Å². The van der Waals surface area contributed by atoms with Gasteiger partial charge in [0.05, 0.1) is 60.4 Å². The Kier molecular flexibility index (Phi) is 12.6. The van der Waals surface area contributed by atoms with E-state index in [0.29, 0.717) is 85.9 Å². The fourth-order valence-corrected chi connectivity index (χ4v) is 10.7. The van der Waals surface area contributed by atoms with E-state index in [1.54, 1.807) is 78.2 Å². The highest BCUT2D eigenvalue weighted by molar-refractivity contribution is 7.90. The molecule has 9 rings (SSSR count). The lowest BCUT2D eigenvalue weighted by molar-refractivity contribution is -0.129. The first-order chi connectivity index (χ1) is 32.5. The van der Waals surface area contributed by atoms with E-state index in [1.807, 2.05) is 34.1 Å². The van der Waals surface area contributed by atoms with E-state index in [0.717, 1.165) is 27.6 Å². The number of sulfone groups is 1. The Morgan fingerprint density at radius 2 is 1.63 bits per heavy atom. The summed E-state index contributed by atoms with van der Waals surface area (Å²) in [6.07, 6.45) is 1.49. The number of amides is 5. The van der Waals surface area contributed by atoms with E-state index in [-0.39, 0.29) is 36.4 Å². The highest BCUT2D eigenvalue weighted by Crippen LogP contribution is 2.41. The third-order valence-corrected chi connectivity index (χ3v) is 13.9. The first-order valence-corrected chi connectivity index (χ1v) is 24.5. The Labute approximate surface area is 392 Å². The SMILES string of the molecule is CCOc1cc([C@@H](CS(C)(=O)=O)N2C(=O)c3cccc(N4CCN([C@H]5CCN(Cc6ccc(Oc7ccc8c(N9CCC(=O)NC9=O)nn(C)c8c7)cc6)CC5(F)F)CC4)c3C2=O)ccc1OC. The van der Waals surface area contributed by atoms with Gasteiger partial charge in [-0.25, -0.2) is 22.0 Å². The Bertz CT molecular complexity index is 2910. The summed E-state index contributed by atoms with van der Waals surface area (Å²) < 4.78 is 76.6. The summed E-state index contributed by atoms with van der Waals surface area (Å²) in [7, 11) is -0.466. The number of halogens is 2. The van der Waals surface area contributed by atoms with Crippen LogP contribution in [0.5, 0.6) is 23.0 Å². The van der Waals surface area contributed by atoms with Gasteiger partial charge in [0.15, 0.2) is 17.3 Å². The molecule has 1 aromatic heterocycles. The number of ether oxygens (including phenoxy) is 3.